The van der Waals surface area contributed by atoms with Gasteiger partial charge in [0, 0.05) is 45.9 Å². The summed E-state index contributed by atoms with van der Waals surface area (Å²) in [7, 11) is 3.29. The number of carbonyl (C=O) groups excluding carboxylic acids is 2. The summed E-state index contributed by atoms with van der Waals surface area (Å²) in [4.78, 5) is 29.4. The zero-order chi connectivity index (χ0) is 20.6. The van der Waals surface area contributed by atoms with Crippen molar-refractivity contribution < 1.29 is 14.3 Å². The Morgan fingerprint density at radius 1 is 1.03 bits per heavy atom. The van der Waals surface area contributed by atoms with Crippen LogP contribution in [0.15, 0.2) is 54.6 Å². The maximum Gasteiger partial charge on any atom is 0.253 e. The maximum absolute atomic E-state index is 13.0. The number of likely N-dealkylation sites (N-methyl/N-ethyl adjacent to an activating group) is 1. The summed E-state index contributed by atoms with van der Waals surface area (Å²) in [6.07, 6.45) is 0.878. The van der Waals surface area contributed by atoms with Crippen molar-refractivity contribution in [2.24, 2.45) is 0 Å². The van der Waals surface area contributed by atoms with E-state index in [0.29, 0.717) is 31.8 Å². The van der Waals surface area contributed by atoms with Crippen LogP contribution in [0, 0.1) is 0 Å². The number of hydrogen-bond donors (Lipinski definition) is 1. The van der Waals surface area contributed by atoms with E-state index >= 15 is 0 Å². The molecule has 2 aromatic rings. The molecular formula is C23H29N3O3. The van der Waals surface area contributed by atoms with E-state index in [-0.39, 0.29) is 17.9 Å². The molecule has 2 aromatic carbocycles. The molecule has 0 spiro atoms. The van der Waals surface area contributed by atoms with Crippen molar-refractivity contribution in [2.75, 3.05) is 40.3 Å². The Balaban J connectivity index is 1.65. The highest BCUT2D eigenvalue weighted by Gasteiger charge is 2.33. The van der Waals surface area contributed by atoms with Crippen molar-refractivity contribution in [3.05, 3.63) is 71.3 Å². The highest BCUT2D eigenvalue weighted by Crippen LogP contribution is 2.16. The first kappa shape index (κ1) is 21.0. The van der Waals surface area contributed by atoms with Crippen LogP contribution in [0.25, 0.3) is 0 Å². The Hall–Kier alpha value is -2.70. The second-order valence-corrected chi connectivity index (χ2v) is 7.28. The summed E-state index contributed by atoms with van der Waals surface area (Å²) < 4.78 is 5.12. The fourth-order valence-corrected chi connectivity index (χ4v) is 3.70. The van der Waals surface area contributed by atoms with Crippen LogP contribution in [0.1, 0.15) is 21.5 Å². The predicted octanol–water partition coefficient (Wildman–Crippen LogP) is 1.95. The summed E-state index contributed by atoms with van der Waals surface area (Å²) in [6.45, 7) is 3.00. The number of carbonyl (C=O) groups is 2. The number of hydrogen-bond acceptors (Lipinski definition) is 4. The minimum Gasteiger partial charge on any atom is -0.380 e. The second-order valence-electron chi connectivity index (χ2n) is 7.28. The number of methoxy groups -OCH3 is 1. The smallest absolute Gasteiger partial charge is 0.253 e. The van der Waals surface area contributed by atoms with Crippen molar-refractivity contribution in [2.45, 2.75) is 19.1 Å². The molecule has 6 heteroatoms. The van der Waals surface area contributed by atoms with E-state index in [2.05, 4.69) is 22.3 Å². The Morgan fingerprint density at radius 3 is 2.41 bits per heavy atom. The van der Waals surface area contributed by atoms with Gasteiger partial charge < -0.3 is 15.0 Å². The van der Waals surface area contributed by atoms with Gasteiger partial charge in [-0.2, -0.15) is 0 Å². The van der Waals surface area contributed by atoms with Gasteiger partial charge in [0.15, 0.2) is 0 Å². The quantitative estimate of drug-likeness (QED) is 0.778. The van der Waals surface area contributed by atoms with Crippen LogP contribution in [0.5, 0.6) is 0 Å². The Bertz CT molecular complexity index is 808. The van der Waals surface area contributed by atoms with Gasteiger partial charge in [-0.1, -0.05) is 42.5 Å². The van der Waals surface area contributed by atoms with E-state index in [9.17, 15) is 9.59 Å². The van der Waals surface area contributed by atoms with Crippen molar-refractivity contribution in [3.63, 3.8) is 0 Å². The molecule has 1 heterocycles. The molecule has 154 valence electrons. The molecule has 1 atom stereocenters. The zero-order valence-electron chi connectivity index (χ0n) is 17.1. The van der Waals surface area contributed by atoms with Gasteiger partial charge in [-0.3, -0.25) is 14.5 Å². The number of rotatable bonds is 7. The number of nitrogens with one attached hydrogen (secondary N) is 1. The van der Waals surface area contributed by atoms with Crippen LogP contribution < -0.4 is 5.32 Å². The van der Waals surface area contributed by atoms with Gasteiger partial charge in [-0.15, -0.1) is 0 Å². The highest BCUT2D eigenvalue weighted by atomic mass is 16.5. The second kappa shape index (κ2) is 10.2. The van der Waals surface area contributed by atoms with Crippen LogP contribution >= 0.6 is 0 Å². The number of piperazine rings is 1. The van der Waals surface area contributed by atoms with Crippen LogP contribution in [0.3, 0.4) is 0 Å². The van der Waals surface area contributed by atoms with Crippen molar-refractivity contribution in [1.29, 1.82) is 0 Å². The minimum absolute atomic E-state index is 0.0365. The predicted molar refractivity (Wildman–Crippen MR) is 113 cm³/mol. The summed E-state index contributed by atoms with van der Waals surface area (Å²) >= 11 is 0. The zero-order valence-corrected chi connectivity index (χ0v) is 17.1. The lowest BCUT2D eigenvalue weighted by atomic mass is 10.1. The third kappa shape index (κ3) is 5.43. The number of amides is 2. The molecule has 0 radical (unpaired) electrons. The molecule has 0 bridgehead atoms. The van der Waals surface area contributed by atoms with E-state index in [4.69, 9.17) is 4.74 Å². The first-order chi connectivity index (χ1) is 14.1. The van der Waals surface area contributed by atoms with Crippen molar-refractivity contribution in [1.82, 2.24) is 15.1 Å². The van der Waals surface area contributed by atoms with Gasteiger partial charge in [-0.25, -0.2) is 0 Å². The molecule has 0 aliphatic carbocycles. The summed E-state index contributed by atoms with van der Waals surface area (Å²) in [5.74, 6) is -0.0865. The third-order valence-electron chi connectivity index (χ3n) is 5.37. The fraction of sp³-hybridized carbons (Fsp3) is 0.391. The highest BCUT2D eigenvalue weighted by molar-refractivity contribution is 5.95. The van der Waals surface area contributed by atoms with E-state index < -0.39 is 0 Å². The molecule has 6 nitrogen and oxygen atoms in total. The minimum atomic E-state index is -0.339. The monoisotopic (exact) mass is 395 g/mol. The summed E-state index contributed by atoms with van der Waals surface area (Å²) in [6, 6.07) is 17.4. The molecule has 0 saturated carbocycles. The summed E-state index contributed by atoms with van der Waals surface area (Å²) in [5.41, 5.74) is 2.91. The lowest BCUT2D eigenvalue weighted by molar-refractivity contribution is -0.127. The first-order valence-electron chi connectivity index (χ1n) is 9.99. The molecule has 1 aliphatic heterocycles. The average molecular weight is 396 g/mol. The van der Waals surface area contributed by atoms with Gasteiger partial charge in [0.05, 0.1) is 6.61 Å². The molecule has 0 aromatic heterocycles. The third-order valence-corrected chi connectivity index (χ3v) is 5.37. The molecule has 1 fully saturated rings. The summed E-state index contributed by atoms with van der Waals surface area (Å²) in [5, 5.41) is 2.75. The van der Waals surface area contributed by atoms with E-state index in [1.165, 1.54) is 5.56 Å². The molecule has 1 aliphatic rings. The number of ether oxygens (including phenoxy) is 1. The lowest BCUT2D eigenvalue weighted by Crippen LogP contribution is -2.60. The van der Waals surface area contributed by atoms with Crippen molar-refractivity contribution in [3.8, 4) is 0 Å². The molecule has 2 amide bonds. The van der Waals surface area contributed by atoms with E-state index in [0.717, 1.165) is 18.5 Å². The topological polar surface area (TPSA) is 61.9 Å². The van der Waals surface area contributed by atoms with E-state index in [1.54, 1.807) is 19.1 Å². The number of benzene rings is 2. The lowest BCUT2D eigenvalue weighted by Gasteiger charge is -2.40. The Morgan fingerprint density at radius 2 is 1.76 bits per heavy atom. The van der Waals surface area contributed by atoms with Crippen LogP contribution in [0.4, 0.5) is 0 Å². The molecular weight excluding hydrogens is 366 g/mol. The van der Waals surface area contributed by atoms with Crippen LogP contribution in [-0.2, 0) is 22.6 Å². The Kier molecular flexibility index (Phi) is 7.38. The molecule has 3 rings (SSSR count). The molecule has 29 heavy (non-hydrogen) atoms. The van der Waals surface area contributed by atoms with E-state index in [1.807, 2.05) is 42.5 Å². The van der Waals surface area contributed by atoms with Crippen molar-refractivity contribution >= 4 is 11.8 Å². The standard InChI is InChI=1S/C23H29N3O3/c1-24-22(27)21-16-26(23(28)20-10-8-19(9-11-20)17-29-2)15-14-25(21)13-12-18-6-4-3-5-7-18/h3-11,21H,12-17H2,1-2H3,(H,24,27). The maximum atomic E-state index is 13.0. The van der Waals surface area contributed by atoms with Gasteiger partial charge >= 0.3 is 0 Å². The van der Waals surface area contributed by atoms with Gasteiger partial charge in [-0.05, 0) is 29.7 Å². The SMILES string of the molecule is CNC(=O)C1CN(C(=O)c2ccc(COC)cc2)CCN1CCc1ccccc1. The van der Waals surface area contributed by atoms with Crippen LogP contribution in [-0.4, -0.2) is 68.0 Å². The Labute approximate surface area is 172 Å². The first-order valence-corrected chi connectivity index (χ1v) is 9.99. The van der Waals surface area contributed by atoms with Gasteiger partial charge in [0.1, 0.15) is 6.04 Å². The van der Waals surface area contributed by atoms with Gasteiger partial charge in [0.2, 0.25) is 5.91 Å². The molecule has 1 saturated heterocycles. The fourth-order valence-electron chi connectivity index (χ4n) is 3.70. The normalized spacial score (nSPS) is 17.2. The largest absolute Gasteiger partial charge is 0.380 e. The molecule has 1 unspecified atom stereocenters. The molecule has 1 N–H and O–H groups in total. The van der Waals surface area contributed by atoms with Gasteiger partial charge in [0.25, 0.3) is 5.91 Å². The average Bonchev–Trinajstić information content (AvgIpc) is 2.78. The number of nitrogens with zero attached hydrogens (tertiary/aromatic N) is 2. The van der Waals surface area contributed by atoms with Crippen LogP contribution in [0.2, 0.25) is 0 Å².